The lowest BCUT2D eigenvalue weighted by atomic mass is 9.86. The first kappa shape index (κ1) is 16.1. The first-order chi connectivity index (χ1) is 11.9. The van der Waals surface area contributed by atoms with Gasteiger partial charge in [-0.2, -0.15) is 0 Å². The first-order valence-electron chi connectivity index (χ1n) is 9.22. The third kappa shape index (κ3) is 2.20. The van der Waals surface area contributed by atoms with Crippen LogP contribution in [0.3, 0.4) is 0 Å². The predicted octanol–water partition coefficient (Wildman–Crippen LogP) is 5.07. The third-order valence-corrected chi connectivity index (χ3v) is 6.24. The lowest BCUT2D eigenvalue weighted by molar-refractivity contribution is 0.893. The van der Waals surface area contributed by atoms with Gasteiger partial charge in [0.1, 0.15) is 0 Å². The van der Waals surface area contributed by atoms with Gasteiger partial charge in [0.2, 0.25) is 0 Å². The highest BCUT2D eigenvalue weighted by Crippen LogP contribution is 2.42. The van der Waals surface area contributed by atoms with Crippen LogP contribution in [0.4, 0.5) is 0 Å². The van der Waals surface area contributed by atoms with Crippen molar-refractivity contribution in [2.24, 2.45) is 5.92 Å². The van der Waals surface area contributed by atoms with E-state index < -0.39 is 0 Å². The second-order valence-electron chi connectivity index (χ2n) is 7.75. The van der Waals surface area contributed by atoms with Gasteiger partial charge in [-0.1, -0.05) is 54.5 Å². The second kappa shape index (κ2) is 5.59. The number of hydrogen-bond acceptors (Lipinski definition) is 0. The third-order valence-electron chi connectivity index (χ3n) is 6.24. The normalized spacial score (nSPS) is 18.4. The zero-order valence-electron chi connectivity index (χ0n) is 16.1. The van der Waals surface area contributed by atoms with Crippen LogP contribution < -0.4 is 10.4 Å². The van der Waals surface area contributed by atoms with Crippen molar-refractivity contribution >= 4 is 17.2 Å². The van der Waals surface area contributed by atoms with Crippen molar-refractivity contribution in [2.45, 2.75) is 41.5 Å². The number of rotatable bonds is 1. The molecule has 0 aromatic heterocycles. The maximum Gasteiger partial charge on any atom is 0.00319 e. The Balaban J connectivity index is 2.19. The van der Waals surface area contributed by atoms with E-state index in [-0.39, 0.29) is 0 Å². The maximum absolute atomic E-state index is 2.39. The van der Waals surface area contributed by atoms with E-state index in [2.05, 4.69) is 84.0 Å². The molecule has 0 saturated carbocycles. The maximum atomic E-state index is 2.39. The fourth-order valence-corrected chi connectivity index (χ4v) is 4.50. The molecule has 0 heterocycles. The Kier molecular flexibility index (Phi) is 3.61. The molecule has 2 aromatic carbocycles. The van der Waals surface area contributed by atoms with Gasteiger partial charge >= 0.3 is 0 Å². The summed E-state index contributed by atoms with van der Waals surface area (Å²) in [6.07, 6.45) is 2.39. The number of allylic oxidation sites excluding steroid dienone is 4. The van der Waals surface area contributed by atoms with Crippen molar-refractivity contribution in [3.05, 3.63) is 85.1 Å². The summed E-state index contributed by atoms with van der Waals surface area (Å²) in [5, 5.41) is 5.48. The molecule has 0 radical (unpaired) electrons. The van der Waals surface area contributed by atoms with Crippen LogP contribution in [-0.4, -0.2) is 0 Å². The standard InChI is InChI=1S/C25H26/c1-14(2)20-11-12-22-21-10-8-7-9-19(21)13-23(22)25(20)24-17(5)15(3)16(4)18(24)6/h7-13,17H,1-6H3. The van der Waals surface area contributed by atoms with Crippen LogP contribution in [0.1, 0.15) is 52.7 Å². The van der Waals surface area contributed by atoms with Gasteiger partial charge in [-0.3, -0.25) is 0 Å². The van der Waals surface area contributed by atoms with Gasteiger partial charge in [-0.05, 0) is 89.4 Å². The minimum atomic E-state index is 0.488. The van der Waals surface area contributed by atoms with Crippen LogP contribution in [-0.2, 0) is 0 Å². The molecule has 0 spiro atoms. The van der Waals surface area contributed by atoms with Crippen molar-refractivity contribution in [3.63, 3.8) is 0 Å². The van der Waals surface area contributed by atoms with Crippen LogP contribution in [0.25, 0.3) is 17.2 Å². The number of hydrogen-bond donors (Lipinski definition) is 0. The Bertz CT molecular complexity index is 1180. The number of benzene rings is 2. The average molecular weight is 326 g/mol. The van der Waals surface area contributed by atoms with Gasteiger partial charge in [0.25, 0.3) is 0 Å². The van der Waals surface area contributed by atoms with Crippen molar-refractivity contribution in [3.8, 4) is 0 Å². The van der Waals surface area contributed by atoms with Gasteiger partial charge in [-0.15, -0.1) is 0 Å². The van der Waals surface area contributed by atoms with Gasteiger partial charge in [0.05, 0.1) is 0 Å². The Hall–Kier alpha value is -2.34. The molecule has 0 aliphatic heterocycles. The molecule has 0 nitrogen and oxygen atoms in total. The molecule has 0 heteroatoms. The fourth-order valence-electron chi connectivity index (χ4n) is 4.50. The minimum absolute atomic E-state index is 0.488. The van der Waals surface area contributed by atoms with E-state index in [1.165, 1.54) is 59.9 Å². The average Bonchev–Trinajstić information content (AvgIpc) is 3.06. The van der Waals surface area contributed by atoms with Crippen LogP contribution in [0.2, 0.25) is 0 Å². The van der Waals surface area contributed by atoms with E-state index in [4.69, 9.17) is 0 Å². The van der Waals surface area contributed by atoms with Crippen LogP contribution >= 0.6 is 0 Å². The summed E-state index contributed by atoms with van der Waals surface area (Å²) in [5.74, 6) is 0.488. The van der Waals surface area contributed by atoms with Crippen molar-refractivity contribution in [1.29, 1.82) is 0 Å². The molecule has 0 N–H and O–H groups in total. The zero-order chi connectivity index (χ0) is 17.9. The molecule has 2 aliphatic carbocycles. The molecule has 126 valence electrons. The molecule has 2 aliphatic rings. The van der Waals surface area contributed by atoms with Crippen molar-refractivity contribution in [1.82, 2.24) is 0 Å². The highest BCUT2D eigenvalue weighted by atomic mass is 14.3. The summed E-state index contributed by atoms with van der Waals surface area (Å²) in [5.41, 5.74) is 10.2. The van der Waals surface area contributed by atoms with Crippen LogP contribution in [0.15, 0.2) is 53.1 Å². The molecule has 1 unspecified atom stereocenters. The molecule has 0 bridgehead atoms. The highest BCUT2D eigenvalue weighted by molar-refractivity contribution is 5.85. The summed E-state index contributed by atoms with van der Waals surface area (Å²) < 4.78 is 0. The molecule has 4 rings (SSSR count). The molecule has 0 fully saturated rings. The Morgan fingerprint density at radius 1 is 0.840 bits per heavy atom. The minimum Gasteiger partial charge on any atom is -0.0686 e. The summed E-state index contributed by atoms with van der Waals surface area (Å²) in [6, 6.07) is 13.4. The van der Waals surface area contributed by atoms with E-state index >= 15 is 0 Å². The van der Waals surface area contributed by atoms with Gasteiger partial charge < -0.3 is 0 Å². The van der Waals surface area contributed by atoms with Crippen LogP contribution in [0.5, 0.6) is 0 Å². The van der Waals surface area contributed by atoms with E-state index in [9.17, 15) is 0 Å². The lowest BCUT2D eigenvalue weighted by Crippen LogP contribution is -2.15. The van der Waals surface area contributed by atoms with Gasteiger partial charge in [0.15, 0.2) is 0 Å². The number of fused-ring (bicyclic) bond motifs is 2. The SMILES string of the molecule is CC1=C(C)C(C)C(c2c3c(ccc2=C(C)C)=c2ccccc2=C3)=C1C. The summed E-state index contributed by atoms with van der Waals surface area (Å²) >= 11 is 0. The second-order valence-corrected chi connectivity index (χ2v) is 7.75. The van der Waals surface area contributed by atoms with Crippen molar-refractivity contribution < 1.29 is 0 Å². The summed E-state index contributed by atoms with van der Waals surface area (Å²) in [7, 11) is 0. The van der Waals surface area contributed by atoms with E-state index in [0.29, 0.717) is 5.92 Å². The Morgan fingerprint density at radius 2 is 1.56 bits per heavy atom. The largest absolute Gasteiger partial charge is 0.0686 e. The fraction of sp³-hybridized carbons (Fsp3) is 0.280. The summed E-state index contributed by atoms with van der Waals surface area (Å²) in [6.45, 7) is 13.7. The van der Waals surface area contributed by atoms with E-state index in [1.807, 2.05) is 0 Å². The predicted molar refractivity (Wildman–Crippen MR) is 108 cm³/mol. The molecule has 2 aromatic rings. The Labute approximate surface area is 150 Å². The topological polar surface area (TPSA) is 0 Å². The highest BCUT2D eigenvalue weighted by Gasteiger charge is 2.27. The summed E-state index contributed by atoms with van der Waals surface area (Å²) in [4.78, 5) is 0. The van der Waals surface area contributed by atoms with Gasteiger partial charge in [0, 0.05) is 5.92 Å². The van der Waals surface area contributed by atoms with Gasteiger partial charge in [-0.25, -0.2) is 0 Å². The van der Waals surface area contributed by atoms with E-state index in [0.717, 1.165) is 0 Å². The molecule has 0 amide bonds. The van der Waals surface area contributed by atoms with Crippen LogP contribution in [0, 0.1) is 16.4 Å². The molecular weight excluding hydrogens is 300 g/mol. The molecular formula is C25H26. The zero-order valence-corrected chi connectivity index (χ0v) is 16.1. The van der Waals surface area contributed by atoms with E-state index in [1.54, 1.807) is 0 Å². The molecule has 1 atom stereocenters. The monoisotopic (exact) mass is 326 g/mol. The molecule has 0 saturated heterocycles. The quantitative estimate of drug-likeness (QED) is 0.586. The molecule has 25 heavy (non-hydrogen) atoms. The smallest absolute Gasteiger partial charge is 0.00319 e. The Morgan fingerprint density at radius 3 is 2.20 bits per heavy atom. The first-order valence-corrected chi connectivity index (χ1v) is 9.22. The lowest BCUT2D eigenvalue weighted by Gasteiger charge is -2.17. The van der Waals surface area contributed by atoms with Crippen molar-refractivity contribution in [2.75, 3.05) is 0 Å².